The van der Waals surface area contributed by atoms with Gasteiger partial charge < -0.3 is 5.32 Å². The maximum atomic E-state index is 13.8. The Bertz CT molecular complexity index is 459. The molecular weight excluding hydrogens is 263 g/mol. The topological polar surface area (TPSA) is 15.3 Å². The Kier molecular flexibility index (Phi) is 5.77. The summed E-state index contributed by atoms with van der Waals surface area (Å²) in [6.07, 6.45) is 3.72. The number of nitrogens with zero attached hydrogens (tertiary/aromatic N) is 1. The highest BCUT2D eigenvalue weighted by molar-refractivity contribution is 5.30. The molecule has 0 aliphatic carbocycles. The molecule has 1 aliphatic heterocycles. The molecule has 2 unspecified atom stereocenters. The molecule has 1 saturated heterocycles. The fraction of sp³-hybridized carbons (Fsp3) is 0.667. The van der Waals surface area contributed by atoms with Crippen LogP contribution in [0.2, 0.25) is 0 Å². The first-order valence-electron chi connectivity index (χ1n) is 8.21. The van der Waals surface area contributed by atoms with Gasteiger partial charge in [-0.05, 0) is 82.9 Å². The molecule has 0 amide bonds. The van der Waals surface area contributed by atoms with Crippen LogP contribution in [-0.2, 0) is 0 Å². The zero-order valence-electron chi connectivity index (χ0n) is 13.8. The molecule has 0 bridgehead atoms. The van der Waals surface area contributed by atoms with Gasteiger partial charge in [-0.2, -0.15) is 0 Å². The number of rotatable bonds is 4. The smallest absolute Gasteiger partial charge is 0.123 e. The van der Waals surface area contributed by atoms with Gasteiger partial charge in [0.25, 0.3) is 0 Å². The van der Waals surface area contributed by atoms with Crippen LogP contribution in [0, 0.1) is 18.7 Å². The first-order valence-corrected chi connectivity index (χ1v) is 8.21. The standard InChI is InChI=1S/C18H29FN2/c1-13(2)21-10-6-5-7-15(12-20-4)18(21)17-11-16(19)9-8-14(17)3/h8-9,11,13,15,18,20H,5-7,10,12H2,1-4H3. The maximum absolute atomic E-state index is 13.8. The minimum Gasteiger partial charge on any atom is -0.319 e. The number of halogens is 1. The van der Waals surface area contributed by atoms with Crippen molar-refractivity contribution in [2.24, 2.45) is 5.92 Å². The number of aryl methyl sites for hydroxylation is 1. The first kappa shape index (κ1) is 16.4. The molecule has 3 heteroatoms. The van der Waals surface area contributed by atoms with Crippen LogP contribution in [0.1, 0.15) is 50.3 Å². The molecule has 1 aromatic carbocycles. The van der Waals surface area contributed by atoms with Crippen LogP contribution in [-0.4, -0.2) is 31.1 Å². The predicted octanol–water partition coefficient (Wildman–Crippen LogP) is 3.91. The second kappa shape index (κ2) is 7.37. The molecule has 1 fully saturated rings. The normalized spacial score (nSPS) is 24.3. The minimum atomic E-state index is -0.119. The van der Waals surface area contributed by atoms with Crippen molar-refractivity contribution in [1.29, 1.82) is 0 Å². The molecule has 0 radical (unpaired) electrons. The van der Waals surface area contributed by atoms with E-state index >= 15 is 0 Å². The number of nitrogens with one attached hydrogen (secondary N) is 1. The van der Waals surface area contributed by atoms with Gasteiger partial charge in [-0.1, -0.05) is 12.5 Å². The zero-order valence-corrected chi connectivity index (χ0v) is 13.8. The van der Waals surface area contributed by atoms with E-state index in [9.17, 15) is 4.39 Å². The van der Waals surface area contributed by atoms with Crippen molar-refractivity contribution in [2.75, 3.05) is 20.1 Å². The van der Waals surface area contributed by atoms with E-state index in [0.29, 0.717) is 18.0 Å². The van der Waals surface area contributed by atoms with Gasteiger partial charge in [0.05, 0.1) is 0 Å². The van der Waals surface area contributed by atoms with Gasteiger partial charge in [0.1, 0.15) is 5.82 Å². The summed E-state index contributed by atoms with van der Waals surface area (Å²) in [6.45, 7) is 8.71. The number of hydrogen-bond acceptors (Lipinski definition) is 2. The Balaban J connectivity index is 2.44. The number of hydrogen-bond donors (Lipinski definition) is 1. The summed E-state index contributed by atoms with van der Waals surface area (Å²) in [5.41, 5.74) is 2.38. The minimum absolute atomic E-state index is 0.119. The Morgan fingerprint density at radius 2 is 2.10 bits per heavy atom. The van der Waals surface area contributed by atoms with E-state index in [2.05, 4.69) is 31.0 Å². The van der Waals surface area contributed by atoms with E-state index < -0.39 is 0 Å². The lowest BCUT2D eigenvalue weighted by molar-refractivity contribution is 0.118. The second-order valence-electron chi connectivity index (χ2n) is 6.59. The molecule has 1 aliphatic rings. The van der Waals surface area contributed by atoms with Crippen LogP contribution in [0.4, 0.5) is 4.39 Å². The molecule has 1 N–H and O–H groups in total. The highest BCUT2D eigenvalue weighted by Gasteiger charge is 2.33. The molecule has 118 valence electrons. The van der Waals surface area contributed by atoms with Crippen molar-refractivity contribution >= 4 is 0 Å². The summed E-state index contributed by atoms with van der Waals surface area (Å²) in [4.78, 5) is 2.57. The van der Waals surface area contributed by atoms with Gasteiger partial charge >= 0.3 is 0 Å². The lowest BCUT2D eigenvalue weighted by Crippen LogP contribution is -2.40. The van der Waals surface area contributed by atoms with E-state index in [1.54, 1.807) is 12.1 Å². The quantitative estimate of drug-likeness (QED) is 0.905. The molecule has 0 saturated carbocycles. The van der Waals surface area contributed by atoms with E-state index in [4.69, 9.17) is 0 Å². The Hall–Kier alpha value is -0.930. The summed E-state index contributed by atoms with van der Waals surface area (Å²) in [7, 11) is 2.01. The average Bonchev–Trinajstić information content (AvgIpc) is 2.64. The third kappa shape index (κ3) is 3.83. The lowest BCUT2D eigenvalue weighted by atomic mass is 9.86. The highest BCUT2D eigenvalue weighted by atomic mass is 19.1. The Morgan fingerprint density at radius 3 is 2.76 bits per heavy atom. The molecule has 1 aromatic rings. The number of benzene rings is 1. The van der Waals surface area contributed by atoms with Gasteiger partial charge in [0.2, 0.25) is 0 Å². The number of likely N-dealkylation sites (tertiary alicyclic amines) is 1. The average molecular weight is 292 g/mol. The fourth-order valence-electron chi connectivity index (χ4n) is 3.69. The molecule has 0 spiro atoms. The monoisotopic (exact) mass is 292 g/mol. The molecule has 2 rings (SSSR count). The van der Waals surface area contributed by atoms with Crippen LogP contribution in [0.3, 0.4) is 0 Å². The van der Waals surface area contributed by atoms with Crippen LogP contribution in [0.25, 0.3) is 0 Å². The third-order valence-electron chi connectivity index (χ3n) is 4.73. The summed E-state index contributed by atoms with van der Waals surface area (Å²) in [5.74, 6) is 0.423. The fourth-order valence-corrected chi connectivity index (χ4v) is 3.69. The molecule has 0 aromatic heterocycles. The van der Waals surface area contributed by atoms with Gasteiger partial charge in [-0.15, -0.1) is 0 Å². The van der Waals surface area contributed by atoms with Crippen molar-refractivity contribution in [3.63, 3.8) is 0 Å². The molecule has 2 nitrogen and oxygen atoms in total. The van der Waals surface area contributed by atoms with E-state index in [-0.39, 0.29) is 5.82 Å². The summed E-state index contributed by atoms with van der Waals surface area (Å²) >= 11 is 0. The lowest BCUT2D eigenvalue weighted by Gasteiger charge is -2.39. The molecule has 2 atom stereocenters. The maximum Gasteiger partial charge on any atom is 0.123 e. The van der Waals surface area contributed by atoms with Gasteiger partial charge in [0.15, 0.2) is 0 Å². The largest absolute Gasteiger partial charge is 0.319 e. The zero-order chi connectivity index (χ0) is 15.4. The third-order valence-corrected chi connectivity index (χ3v) is 4.73. The predicted molar refractivity (Wildman–Crippen MR) is 87.0 cm³/mol. The van der Waals surface area contributed by atoms with E-state index in [1.807, 2.05) is 13.1 Å². The highest BCUT2D eigenvalue weighted by Crippen LogP contribution is 2.37. The molecule has 1 heterocycles. The first-order chi connectivity index (χ1) is 10.0. The summed E-state index contributed by atoms with van der Waals surface area (Å²) in [6, 6.07) is 6.04. The van der Waals surface area contributed by atoms with Crippen molar-refractivity contribution in [2.45, 2.75) is 52.1 Å². The molecule has 21 heavy (non-hydrogen) atoms. The van der Waals surface area contributed by atoms with Crippen molar-refractivity contribution in [3.05, 3.63) is 35.1 Å². The van der Waals surface area contributed by atoms with Crippen LogP contribution in [0.5, 0.6) is 0 Å². The van der Waals surface area contributed by atoms with Crippen molar-refractivity contribution in [1.82, 2.24) is 10.2 Å². The van der Waals surface area contributed by atoms with E-state index in [0.717, 1.165) is 13.1 Å². The van der Waals surface area contributed by atoms with Crippen molar-refractivity contribution in [3.8, 4) is 0 Å². The Morgan fingerprint density at radius 1 is 1.33 bits per heavy atom. The summed E-state index contributed by atoms with van der Waals surface area (Å²) in [5, 5.41) is 3.34. The summed E-state index contributed by atoms with van der Waals surface area (Å²) < 4.78 is 13.8. The van der Waals surface area contributed by atoms with Gasteiger partial charge in [-0.3, -0.25) is 4.90 Å². The van der Waals surface area contributed by atoms with Crippen molar-refractivity contribution < 1.29 is 4.39 Å². The van der Waals surface area contributed by atoms with Crippen LogP contribution in [0.15, 0.2) is 18.2 Å². The SMILES string of the molecule is CNCC1CCCCN(C(C)C)C1c1cc(F)ccc1C. The Labute approximate surface area is 128 Å². The van der Waals surface area contributed by atoms with E-state index in [1.165, 1.54) is 30.4 Å². The van der Waals surface area contributed by atoms with Gasteiger partial charge in [-0.25, -0.2) is 4.39 Å². The van der Waals surface area contributed by atoms with Gasteiger partial charge in [0, 0.05) is 12.1 Å². The van der Waals surface area contributed by atoms with Crippen LogP contribution < -0.4 is 5.32 Å². The molecular formula is C18H29FN2. The second-order valence-corrected chi connectivity index (χ2v) is 6.59. The van der Waals surface area contributed by atoms with Crippen LogP contribution >= 0.6 is 0 Å².